The number of rotatable bonds is 1. The minimum atomic E-state index is -0.306. The van der Waals surface area contributed by atoms with Gasteiger partial charge in [0.05, 0.1) is 0 Å². The van der Waals surface area contributed by atoms with Gasteiger partial charge in [0.15, 0.2) is 5.71 Å². The van der Waals surface area contributed by atoms with Gasteiger partial charge in [0.2, 0.25) is 0 Å². The summed E-state index contributed by atoms with van der Waals surface area (Å²) in [5.41, 5.74) is 1.67. The lowest BCUT2D eigenvalue weighted by Crippen LogP contribution is -1.96. The van der Waals surface area contributed by atoms with Gasteiger partial charge in [-0.25, -0.2) is 4.39 Å². The molecule has 0 spiro atoms. The highest BCUT2D eigenvalue weighted by Gasteiger charge is 1.98. The van der Waals surface area contributed by atoms with E-state index < -0.39 is 0 Å². The van der Waals surface area contributed by atoms with E-state index in [4.69, 9.17) is 5.21 Å². The predicted molar refractivity (Wildman–Crippen MR) is 68.0 cm³/mol. The van der Waals surface area contributed by atoms with Gasteiger partial charge in [0, 0.05) is 11.1 Å². The first-order chi connectivity index (χ1) is 8.79. The summed E-state index contributed by atoms with van der Waals surface area (Å²) in [7, 11) is 0. The topological polar surface area (TPSA) is 32.6 Å². The molecule has 0 atom stereocenters. The van der Waals surface area contributed by atoms with Crippen molar-refractivity contribution in [2.75, 3.05) is 0 Å². The van der Waals surface area contributed by atoms with Crippen LogP contribution in [0.1, 0.15) is 11.1 Å². The fourth-order valence-corrected chi connectivity index (χ4v) is 1.42. The van der Waals surface area contributed by atoms with E-state index in [2.05, 4.69) is 17.0 Å². The van der Waals surface area contributed by atoms with Gasteiger partial charge < -0.3 is 5.21 Å². The van der Waals surface area contributed by atoms with Crippen LogP contribution >= 0.6 is 0 Å². The largest absolute Gasteiger partial charge is 0.410 e. The van der Waals surface area contributed by atoms with Crippen LogP contribution in [0.4, 0.5) is 4.39 Å². The summed E-state index contributed by atoms with van der Waals surface area (Å²) in [4.78, 5) is 0. The maximum absolute atomic E-state index is 12.7. The highest BCUT2D eigenvalue weighted by Crippen LogP contribution is 2.03. The van der Waals surface area contributed by atoms with Crippen molar-refractivity contribution >= 4 is 5.71 Å². The van der Waals surface area contributed by atoms with Crippen LogP contribution in [-0.2, 0) is 0 Å². The third-order valence-corrected chi connectivity index (χ3v) is 2.32. The molecule has 0 heterocycles. The molecule has 0 aliphatic carbocycles. The van der Waals surface area contributed by atoms with E-state index in [-0.39, 0.29) is 11.5 Å². The summed E-state index contributed by atoms with van der Waals surface area (Å²) in [6.45, 7) is 0. The number of benzene rings is 2. The van der Waals surface area contributed by atoms with Gasteiger partial charge >= 0.3 is 0 Å². The van der Waals surface area contributed by atoms with Crippen LogP contribution in [0.5, 0.6) is 0 Å². The summed E-state index contributed by atoms with van der Waals surface area (Å²) in [6, 6.07) is 14.9. The van der Waals surface area contributed by atoms with Crippen molar-refractivity contribution in [3.05, 3.63) is 71.5 Å². The third kappa shape index (κ3) is 2.96. The SMILES string of the molecule is O/N=C(\C#Cc1ccc(F)cc1)c1ccccc1. The highest BCUT2D eigenvalue weighted by molar-refractivity contribution is 6.12. The Kier molecular flexibility index (Phi) is 3.72. The van der Waals surface area contributed by atoms with Gasteiger partial charge in [-0.3, -0.25) is 0 Å². The minimum absolute atomic E-state index is 0.278. The Bertz CT molecular complexity index is 606. The van der Waals surface area contributed by atoms with Crippen LogP contribution in [0.3, 0.4) is 0 Å². The van der Waals surface area contributed by atoms with Crippen LogP contribution in [0.15, 0.2) is 59.8 Å². The lowest BCUT2D eigenvalue weighted by molar-refractivity contribution is 0.320. The van der Waals surface area contributed by atoms with Crippen molar-refractivity contribution in [2.24, 2.45) is 5.16 Å². The molecule has 18 heavy (non-hydrogen) atoms. The van der Waals surface area contributed by atoms with Gasteiger partial charge in [-0.1, -0.05) is 41.4 Å². The van der Waals surface area contributed by atoms with Crippen LogP contribution in [-0.4, -0.2) is 10.9 Å². The average Bonchev–Trinajstić information content (AvgIpc) is 2.43. The quantitative estimate of drug-likeness (QED) is 0.353. The molecule has 1 N–H and O–H groups in total. The maximum Gasteiger partial charge on any atom is 0.159 e. The van der Waals surface area contributed by atoms with Crippen molar-refractivity contribution in [1.82, 2.24) is 0 Å². The highest BCUT2D eigenvalue weighted by atomic mass is 19.1. The standard InChI is InChI=1S/C15H10FNO/c16-14-9-6-12(7-10-14)8-11-15(17-18)13-4-2-1-3-5-13/h1-7,9-10,18H/b17-15+. The minimum Gasteiger partial charge on any atom is -0.410 e. The molecule has 0 bridgehead atoms. The summed E-state index contributed by atoms with van der Waals surface area (Å²) in [6.07, 6.45) is 0. The van der Waals surface area contributed by atoms with E-state index in [1.165, 1.54) is 12.1 Å². The Morgan fingerprint density at radius 3 is 2.28 bits per heavy atom. The smallest absolute Gasteiger partial charge is 0.159 e. The van der Waals surface area contributed by atoms with Crippen molar-refractivity contribution in [3.63, 3.8) is 0 Å². The lowest BCUT2D eigenvalue weighted by atomic mass is 10.1. The molecule has 3 heteroatoms. The molecule has 0 saturated carbocycles. The molecule has 88 valence electrons. The number of oxime groups is 1. The number of halogens is 1. The molecule has 2 nitrogen and oxygen atoms in total. The first kappa shape index (κ1) is 11.9. The first-order valence-electron chi connectivity index (χ1n) is 5.34. The number of hydrogen-bond acceptors (Lipinski definition) is 2. The van der Waals surface area contributed by atoms with Gasteiger partial charge in [-0.15, -0.1) is 0 Å². The number of nitrogens with zero attached hydrogens (tertiary/aromatic N) is 1. The summed E-state index contributed by atoms with van der Waals surface area (Å²) >= 11 is 0. The Balaban J connectivity index is 2.26. The summed E-state index contributed by atoms with van der Waals surface area (Å²) in [5.74, 6) is 5.26. The predicted octanol–water partition coefficient (Wildman–Crippen LogP) is 3.06. The monoisotopic (exact) mass is 239 g/mol. The molecule has 0 radical (unpaired) electrons. The molecular weight excluding hydrogens is 229 g/mol. The Morgan fingerprint density at radius 1 is 1.00 bits per heavy atom. The van der Waals surface area contributed by atoms with E-state index in [0.717, 1.165) is 5.56 Å². The normalized spacial score (nSPS) is 10.6. The zero-order chi connectivity index (χ0) is 12.8. The molecule has 0 aliphatic rings. The molecule has 0 aromatic heterocycles. The Hall–Kier alpha value is -2.60. The van der Waals surface area contributed by atoms with Gasteiger partial charge in [-0.2, -0.15) is 0 Å². The second-order valence-electron chi connectivity index (χ2n) is 3.57. The zero-order valence-corrected chi connectivity index (χ0v) is 9.47. The third-order valence-electron chi connectivity index (χ3n) is 2.32. The molecule has 2 aromatic rings. The van der Waals surface area contributed by atoms with Crippen LogP contribution < -0.4 is 0 Å². The first-order valence-corrected chi connectivity index (χ1v) is 5.34. The number of hydrogen-bond donors (Lipinski definition) is 1. The van der Waals surface area contributed by atoms with E-state index in [1.54, 1.807) is 24.3 Å². The van der Waals surface area contributed by atoms with Crippen LogP contribution in [0.25, 0.3) is 0 Å². The molecule has 0 saturated heterocycles. The van der Waals surface area contributed by atoms with Crippen LogP contribution in [0.2, 0.25) is 0 Å². The molecule has 0 aliphatic heterocycles. The van der Waals surface area contributed by atoms with Crippen molar-refractivity contribution in [1.29, 1.82) is 0 Å². The van der Waals surface area contributed by atoms with Gasteiger partial charge in [0.1, 0.15) is 5.82 Å². The van der Waals surface area contributed by atoms with E-state index in [1.807, 2.05) is 18.2 Å². The maximum atomic E-state index is 12.7. The fourth-order valence-electron chi connectivity index (χ4n) is 1.42. The second kappa shape index (κ2) is 5.65. The van der Waals surface area contributed by atoms with Crippen molar-refractivity contribution in [3.8, 4) is 11.8 Å². The van der Waals surface area contributed by atoms with E-state index >= 15 is 0 Å². The zero-order valence-electron chi connectivity index (χ0n) is 9.47. The molecule has 2 aromatic carbocycles. The Morgan fingerprint density at radius 2 is 1.67 bits per heavy atom. The van der Waals surface area contributed by atoms with Crippen molar-refractivity contribution < 1.29 is 9.60 Å². The average molecular weight is 239 g/mol. The summed E-state index contributed by atoms with van der Waals surface area (Å²) < 4.78 is 12.7. The van der Waals surface area contributed by atoms with Gasteiger partial charge in [0.25, 0.3) is 0 Å². The second-order valence-corrected chi connectivity index (χ2v) is 3.57. The molecule has 0 fully saturated rings. The van der Waals surface area contributed by atoms with E-state index in [0.29, 0.717) is 5.56 Å². The van der Waals surface area contributed by atoms with Crippen molar-refractivity contribution in [2.45, 2.75) is 0 Å². The van der Waals surface area contributed by atoms with Crippen LogP contribution in [0, 0.1) is 17.7 Å². The Labute approximate surface area is 104 Å². The molecule has 0 unspecified atom stereocenters. The molecular formula is C15H10FNO. The summed E-state index contributed by atoms with van der Waals surface area (Å²) in [5, 5.41) is 12.1. The fraction of sp³-hybridized carbons (Fsp3) is 0. The van der Waals surface area contributed by atoms with Gasteiger partial charge in [-0.05, 0) is 30.2 Å². The lowest BCUT2D eigenvalue weighted by Gasteiger charge is -1.95. The van der Waals surface area contributed by atoms with E-state index in [9.17, 15) is 4.39 Å². The molecule has 0 amide bonds. The molecule has 2 rings (SSSR count).